The Kier molecular flexibility index (Phi) is 6.51. The van der Waals surface area contributed by atoms with Gasteiger partial charge in [-0.25, -0.2) is 4.98 Å². The topological polar surface area (TPSA) is 88.2 Å². The molecule has 30 heavy (non-hydrogen) atoms. The predicted molar refractivity (Wildman–Crippen MR) is 117 cm³/mol. The molecule has 0 spiro atoms. The molecule has 3 heterocycles. The van der Waals surface area contributed by atoms with Crippen LogP contribution in [0.15, 0.2) is 54.7 Å². The second-order valence-electron chi connectivity index (χ2n) is 7.58. The zero-order valence-electron chi connectivity index (χ0n) is 17.1. The summed E-state index contributed by atoms with van der Waals surface area (Å²) in [4.78, 5) is 21.3. The van der Waals surface area contributed by atoms with Crippen molar-refractivity contribution in [3.63, 3.8) is 0 Å². The van der Waals surface area contributed by atoms with Gasteiger partial charge in [-0.2, -0.15) is 0 Å². The predicted octanol–water partition coefficient (Wildman–Crippen LogP) is 2.88. The number of piperidine rings is 1. The minimum Gasteiger partial charge on any atom is -0.481 e. The first-order valence-corrected chi connectivity index (χ1v) is 10.3. The number of fused-ring (bicyclic) bond motifs is 1. The summed E-state index contributed by atoms with van der Waals surface area (Å²) in [5.41, 5.74) is 3.29. The van der Waals surface area contributed by atoms with Gasteiger partial charge in [-0.05, 0) is 30.5 Å². The number of methoxy groups -OCH3 is 1. The summed E-state index contributed by atoms with van der Waals surface area (Å²) in [7, 11) is 1.57. The minimum absolute atomic E-state index is 0.0275. The highest BCUT2D eigenvalue weighted by Gasteiger charge is 2.22. The third kappa shape index (κ3) is 5.11. The van der Waals surface area contributed by atoms with Crippen molar-refractivity contribution in [1.29, 1.82) is 0 Å². The molecule has 0 aliphatic carbocycles. The van der Waals surface area contributed by atoms with Crippen LogP contribution < -0.4 is 20.7 Å². The average Bonchev–Trinajstić information content (AvgIpc) is 2.79. The number of anilines is 1. The van der Waals surface area contributed by atoms with Crippen LogP contribution >= 0.6 is 0 Å². The monoisotopic (exact) mass is 405 g/mol. The van der Waals surface area contributed by atoms with Gasteiger partial charge < -0.3 is 20.7 Å². The van der Waals surface area contributed by atoms with Gasteiger partial charge in [0.05, 0.1) is 18.3 Å². The van der Waals surface area contributed by atoms with Crippen molar-refractivity contribution in [3.05, 3.63) is 60.3 Å². The van der Waals surface area contributed by atoms with Gasteiger partial charge in [0.15, 0.2) is 0 Å². The van der Waals surface area contributed by atoms with Gasteiger partial charge >= 0.3 is 0 Å². The lowest BCUT2D eigenvalue weighted by atomic mass is 9.98. The molecule has 3 N–H and O–H groups in total. The number of carbonyl (C=O) groups is 1. The molecule has 1 aliphatic rings. The van der Waals surface area contributed by atoms with Crippen molar-refractivity contribution >= 4 is 22.6 Å². The Morgan fingerprint density at radius 2 is 2.03 bits per heavy atom. The highest BCUT2D eigenvalue weighted by Crippen LogP contribution is 2.23. The van der Waals surface area contributed by atoms with Crippen LogP contribution in [0.25, 0.3) is 11.0 Å². The summed E-state index contributed by atoms with van der Waals surface area (Å²) in [6.07, 6.45) is 4.12. The number of benzene rings is 1. The second-order valence-corrected chi connectivity index (χ2v) is 7.58. The molecule has 1 aromatic carbocycles. The molecule has 3 aromatic rings. The number of nitrogens with one attached hydrogen (secondary N) is 3. The van der Waals surface area contributed by atoms with E-state index < -0.39 is 0 Å². The number of ether oxygens (including phenoxy) is 1. The van der Waals surface area contributed by atoms with E-state index in [1.54, 1.807) is 25.4 Å². The number of pyridine rings is 2. The molecule has 2 aromatic heterocycles. The van der Waals surface area contributed by atoms with Gasteiger partial charge in [0.2, 0.25) is 11.8 Å². The molecule has 0 unspecified atom stereocenters. The van der Waals surface area contributed by atoms with Crippen LogP contribution in [0.4, 0.5) is 5.69 Å². The number of aromatic nitrogens is 2. The van der Waals surface area contributed by atoms with Gasteiger partial charge in [0, 0.05) is 43.9 Å². The Morgan fingerprint density at radius 1 is 1.17 bits per heavy atom. The first-order valence-electron chi connectivity index (χ1n) is 10.3. The van der Waals surface area contributed by atoms with Gasteiger partial charge in [-0.15, -0.1) is 0 Å². The Labute approximate surface area is 176 Å². The third-order valence-corrected chi connectivity index (χ3v) is 5.43. The van der Waals surface area contributed by atoms with Crippen molar-refractivity contribution in [1.82, 2.24) is 20.6 Å². The Hall–Kier alpha value is -3.03. The number of hydrogen-bond donors (Lipinski definition) is 3. The standard InChI is InChI=1S/C23H27N5O2/c1-30-22-10-9-19-23(28-22)20(11-12-24-19)27-21(29)13-17-7-8-18(15-26-17)25-14-16-5-3-2-4-6-16/h2-6,9-12,17-18,25-26H,7-8,13-15H2,1H3,(H,24,27,29)/t17-,18+/m0/s1. The van der Waals surface area contributed by atoms with Gasteiger partial charge in [0.1, 0.15) is 5.52 Å². The van der Waals surface area contributed by atoms with E-state index in [9.17, 15) is 4.79 Å². The summed E-state index contributed by atoms with van der Waals surface area (Å²) >= 11 is 0. The highest BCUT2D eigenvalue weighted by atomic mass is 16.5. The van der Waals surface area contributed by atoms with Crippen molar-refractivity contribution in [2.45, 2.75) is 37.9 Å². The fourth-order valence-electron chi connectivity index (χ4n) is 3.77. The molecule has 2 atom stereocenters. The molecule has 4 rings (SSSR count). The summed E-state index contributed by atoms with van der Waals surface area (Å²) < 4.78 is 5.19. The molecule has 156 valence electrons. The smallest absolute Gasteiger partial charge is 0.225 e. The van der Waals surface area contributed by atoms with E-state index in [0.717, 1.165) is 31.4 Å². The SMILES string of the molecule is COc1ccc2nccc(NC(=O)C[C@@H]3CC[C@@H](NCc4ccccc4)CN3)c2n1. The lowest BCUT2D eigenvalue weighted by molar-refractivity contribution is -0.116. The van der Waals surface area contributed by atoms with Crippen molar-refractivity contribution in [3.8, 4) is 5.88 Å². The van der Waals surface area contributed by atoms with Gasteiger partial charge in [0.25, 0.3) is 0 Å². The third-order valence-electron chi connectivity index (χ3n) is 5.43. The van der Waals surface area contributed by atoms with Gasteiger partial charge in [-0.1, -0.05) is 30.3 Å². The van der Waals surface area contributed by atoms with E-state index >= 15 is 0 Å². The molecular formula is C23H27N5O2. The molecule has 0 saturated carbocycles. The zero-order chi connectivity index (χ0) is 20.8. The zero-order valence-corrected chi connectivity index (χ0v) is 17.1. The first-order chi connectivity index (χ1) is 14.7. The van der Waals surface area contributed by atoms with E-state index in [4.69, 9.17) is 4.74 Å². The molecule has 0 radical (unpaired) electrons. The van der Waals surface area contributed by atoms with Crippen LogP contribution in [0, 0.1) is 0 Å². The van der Waals surface area contributed by atoms with E-state index in [1.807, 2.05) is 12.1 Å². The van der Waals surface area contributed by atoms with Gasteiger partial charge in [-0.3, -0.25) is 9.78 Å². The number of amides is 1. The molecular weight excluding hydrogens is 378 g/mol. The second kappa shape index (κ2) is 9.65. The molecule has 7 nitrogen and oxygen atoms in total. The summed E-state index contributed by atoms with van der Waals surface area (Å²) in [6, 6.07) is 16.4. The molecule has 1 fully saturated rings. The molecule has 1 saturated heterocycles. The molecule has 1 amide bonds. The quantitative estimate of drug-likeness (QED) is 0.560. The van der Waals surface area contributed by atoms with Crippen LogP contribution in [0.2, 0.25) is 0 Å². The van der Waals surface area contributed by atoms with Crippen molar-refractivity contribution in [2.75, 3.05) is 19.0 Å². The first kappa shape index (κ1) is 20.3. The maximum absolute atomic E-state index is 12.6. The molecule has 0 bridgehead atoms. The number of nitrogens with zero attached hydrogens (tertiary/aromatic N) is 2. The fraction of sp³-hybridized carbons (Fsp3) is 0.348. The van der Waals surface area contributed by atoms with Crippen molar-refractivity contribution in [2.24, 2.45) is 0 Å². The Bertz CT molecular complexity index is 987. The summed E-state index contributed by atoms with van der Waals surface area (Å²) in [5.74, 6) is 0.467. The number of rotatable bonds is 7. The minimum atomic E-state index is -0.0275. The van der Waals surface area contributed by atoms with E-state index in [1.165, 1.54) is 5.56 Å². The largest absolute Gasteiger partial charge is 0.481 e. The lowest BCUT2D eigenvalue weighted by Crippen LogP contribution is -2.48. The maximum atomic E-state index is 12.6. The lowest BCUT2D eigenvalue weighted by Gasteiger charge is -2.30. The van der Waals surface area contributed by atoms with Crippen LogP contribution in [0.3, 0.4) is 0 Å². The van der Waals surface area contributed by atoms with Crippen molar-refractivity contribution < 1.29 is 9.53 Å². The normalized spacial score (nSPS) is 18.8. The fourth-order valence-corrected chi connectivity index (χ4v) is 3.77. The number of carbonyl (C=O) groups excluding carboxylic acids is 1. The molecule has 1 aliphatic heterocycles. The average molecular weight is 406 g/mol. The number of hydrogen-bond acceptors (Lipinski definition) is 6. The molecule has 7 heteroatoms. The van der Waals surface area contributed by atoms with Crippen LogP contribution in [-0.2, 0) is 11.3 Å². The Balaban J connectivity index is 1.28. The van der Waals surface area contributed by atoms with E-state index in [2.05, 4.69) is 50.2 Å². The van der Waals surface area contributed by atoms with E-state index in [-0.39, 0.29) is 11.9 Å². The van der Waals surface area contributed by atoms with E-state index in [0.29, 0.717) is 29.5 Å². The van der Waals surface area contributed by atoms with Crippen LogP contribution in [0.1, 0.15) is 24.8 Å². The highest BCUT2D eigenvalue weighted by molar-refractivity contribution is 5.99. The summed E-state index contributed by atoms with van der Waals surface area (Å²) in [5, 5.41) is 10.1. The maximum Gasteiger partial charge on any atom is 0.225 e. The summed E-state index contributed by atoms with van der Waals surface area (Å²) in [6.45, 7) is 1.73. The van der Waals surface area contributed by atoms with Crippen LogP contribution in [0.5, 0.6) is 5.88 Å². The van der Waals surface area contributed by atoms with Crippen LogP contribution in [-0.4, -0.2) is 41.6 Å². The Morgan fingerprint density at radius 3 is 2.80 bits per heavy atom.